The van der Waals surface area contributed by atoms with Crippen molar-refractivity contribution >= 4 is 42.0 Å². The number of nitrogens with zero attached hydrogens (tertiary/aromatic N) is 5. The summed E-state index contributed by atoms with van der Waals surface area (Å²) < 4.78 is 31.9. The van der Waals surface area contributed by atoms with Crippen molar-refractivity contribution in [2.24, 2.45) is 26.9 Å². The van der Waals surface area contributed by atoms with E-state index in [0.717, 1.165) is 0 Å². The van der Waals surface area contributed by atoms with Gasteiger partial charge in [-0.05, 0) is 47.4 Å². The van der Waals surface area contributed by atoms with Crippen molar-refractivity contribution in [2.75, 3.05) is 13.7 Å². The molecule has 2 heterocycles. The number of halogens is 3. The molecule has 238 valence electrons. The van der Waals surface area contributed by atoms with Gasteiger partial charge in [0.25, 0.3) is 5.91 Å². The number of nitrogens with one attached hydrogen (secondary N) is 1. The van der Waals surface area contributed by atoms with Gasteiger partial charge in [-0.3, -0.25) is 14.7 Å². The molecule has 3 aromatic rings. The normalized spacial score (nSPS) is 17.8. The summed E-state index contributed by atoms with van der Waals surface area (Å²) in [6.45, 7) is 6.43. The highest BCUT2D eigenvalue weighted by molar-refractivity contribution is 6.32. The molecule has 1 aliphatic rings. The van der Waals surface area contributed by atoms with E-state index in [4.69, 9.17) is 32.8 Å². The third kappa shape index (κ3) is 6.98. The van der Waals surface area contributed by atoms with E-state index in [0.29, 0.717) is 43.2 Å². The van der Waals surface area contributed by atoms with Gasteiger partial charge in [0.15, 0.2) is 11.5 Å². The molecule has 0 spiro atoms. The van der Waals surface area contributed by atoms with Crippen LogP contribution in [0.2, 0.25) is 5.02 Å². The number of nitrogens with two attached hydrogens (primary N) is 2. The maximum atomic E-state index is 14.6. The van der Waals surface area contributed by atoms with Crippen LogP contribution in [-0.2, 0) is 15.1 Å². The minimum atomic E-state index is -2.77. The van der Waals surface area contributed by atoms with E-state index in [1.54, 1.807) is 55.7 Å². The highest BCUT2D eigenvalue weighted by Gasteiger charge is 2.53. The molecule has 4 rings (SSSR count). The van der Waals surface area contributed by atoms with Gasteiger partial charge in [0, 0.05) is 30.6 Å². The van der Waals surface area contributed by atoms with E-state index in [-0.39, 0.29) is 19.0 Å². The summed E-state index contributed by atoms with van der Waals surface area (Å²) in [4.78, 5) is 36.5. The molecule has 0 unspecified atom stereocenters. The first-order valence-corrected chi connectivity index (χ1v) is 14.3. The molecule has 0 aliphatic carbocycles. The van der Waals surface area contributed by atoms with Gasteiger partial charge >= 0.3 is 12.6 Å². The smallest absolute Gasteiger partial charge is 0.404 e. The molecule has 5 N–H and O–H groups in total. The summed E-state index contributed by atoms with van der Waals surface area (Å²) in [5, 5.41) is 6.96. The number of rotatable bonds is 11. The number of amides is 2. The quantitative estimate of drug-likeness (QED) is 0.237. The average molecular weight is 641 g/mol. The Morgan fingerprint density at radius 2 is 1.91 bits per heavy atom. The molecule has 1 aliphatic heterocycles. The second kappa shape index (κ2) is 13.1. The van der Waals surface area contributed by atoms with Crippen molar-refractivity contribution in [3.05, 3.63) is 82.8 Å². The standard InChI is InChI=1S/C31H35ClF2N8O3/c1-30(2,3)17-31(21-9-6-18(7-10-21)20-13-39-41(15-20)27(33)34)26(43)42(28(35)40-31)25(16-45-29(36)44)19-8-11-23(32)22(12-19)24(38-5)14-37-4/h6-15,25,27,37H,5,16-17H2,1-4H3,(H2,35,40)(H2,36,44)/b24-14-/t25-,31-/m1/s1. The maximum Gasteiger partial charge on any atom is 0.404 e. The fraction of sp³-hybridized carbons (Fsp3) is 0.323. The zero-order valence-electron chi connectivity index (χ0n) is 25.3. The number of hydrogen-bond donors (Lipinski definition) is 3. The van der Waals surface area contributed by atoms with E-state index in [1.807, 2.05) is 20.8 Å². The van der Waals surface area contributed by atoms with Crippen molar-refractivity contribution in [2.45, 2.75) is 45.3 Å². The van der Waals surface area contributed by atoms with E-state index in [9.17, 15) is 18.4 Å². The van der Waals surface area contributed by atoms with Crippen LogP contribution in [0.5, 0.6) is 0 Å². The third-order valence-corrected chi connectivity index (χ3v) is 7.54. The van der Waals surface area contributed by atoms with Crippen molar-refractivity contribution in [1.82, 2.24) is 20.0 Å². The van der Waals surface area contributed by atoms with E-state index >= 15 is 0 Å². The number of carbonyl (C=O) groups is 2. The predicted molar refractivity (Wildman–Crippen MR) is 169 cm³/mol. The van der Waals surface area contributed by atoms with Gasteiger partial charge in [0.2, 0.25) is 0 Å². The van der Waals surface area contributed by atoms with Gasteiger partial charge in [-0.1, -0.05) is 62.7 Å². The Balaban J connectivity index is 1.81. The summed E-state index contributed by atoms with van der Waals surface area (Å²) in [7, 11) is 1.70. The Morgan fingerprint density at radius 1 is 1.22 bits per heavy atom. The number of hydrogen-bond acceptors (Lipinski definition) is 8. The Labute approximate surface area is 264 Å². The van der Waals surface area contributed by atoms with E-state index < -0.39 is 35.5 Å². The lowest BCUT2D eigenvalue weighted by Gasteiger charge is -2.34. The maximum absolute atomic E-state index is 14.6. The highest BCUT2D eigenvalue weighted by Crippen LogP contribution is 2.45. The summed E-state index contributed by atoms with van der Waals surface area (Å²) in [5.41, 5.74) is 13.1. The fourth-order valence-electron chi connectivity index (χ4n) is 5.38. The van der Waals surface area contributed by atoms with Crippen LogP contribution >= 0.6 is 11.6 Å². The zero-order valence-corrected chi connectivity index (χ0v) is 26.1. The topological polar surface area (TPSA) is 153 Å². The van der Waals surface area contributed by atoms with Crippen molar-refractivity contribution in [3.8, 4) is 11.1 Å². The Hall–Kier alpha value is -4.78. The minimum absolute atomic E-state index is 0.0889. The molecule has 11 nitrogen and oxygen atoms in total. The van der Waals surface area contributed by atoms with E-state index in [2.05, 4.69) is 22.1 Å². The van der Waals surface area contributed by atoms with Crippen LogP contribution in [0.25, 0.3) is 16.8 Å². The van der Waals surface area contributed by atoms with Gasteiger partial charge in [-0.25, -0.2) is 14.5 Å². The van der Waals surface area contributed by atoms with Gasteiger partial charge in [0.05, 0.1) is 23.0 Å². The number of guanidine groups is 1. The molecule has 45 heavy (non-hydrogen) atoms. The molecule has 0 fully saturated rings. The number of ether oxygens (including phenoxy) is 1. The van der Waals surface area contributed by atoms with Crippen LogP contribution < -0.4 is 16.8 Å². The largest absolute Gasteiger partial charge is 0.447 e. The Kier molecular flexibility index (Phi) is 9.62. The number of primary amides is 1. The number of benzene rings is 2. The number of alkyl halides is 2. The second-order valence-electron chi connectivity index (χ2n) is 11.7. The lowest BCUT2D eigenvalue weighted by Crippen LogP contribution is -2.47. The highest BCUT2D eigenvalue weighted by atomic mass is 35.5. The number of carbonyl (C=O) groups excluding carboxylic acids is 2. The molecular weight excluding hydrogens is 606 g/mol. The Bertz CT molecular complexity index is 1650. The minimum Gasteiger partial charge on any atom is -0.447 e. The van der Waals surface area contributed by atoms with Gasteiger partial charge < -0.3 is 21.5 Å². The van der Waals surface area contributed by atoms with Crippen LogP contribution in [0.4, 0.5) is 13.6 Å². The molecule has 2 amide bonds. The van der Waals surface area contributed by atoms with E-state index in [1.165, 1.54) is 17.3 Å². The van der Waals surface area contributed by atoms with Crippen molar-refractivity contribution in [3.63, 3.8) is 0 Å². The summed E-state index contributed by atoms with van der Waals surface area (Å²) in [6.07, 6.45) is 3.43. The summed E-state index contributed by atoms with van der Waals surface area (Å²) in [6, 6.07) is 10.9. The zero-order chi connectivity index (χ0) is 33.1. The van der Waals surface area contributed by atoms with Gasteiger partial charge in [0.1, 0.15) is 6.61 Å². The lowest BCUT2D eigenvalue weighted by atomic mass is 9.75. The molecule has 14 heteroatoms. The molecule has 0 radical (unpaired) electrons. The van der Waals surface area contributed by atoms with Crippen molar-refractivity contribution in [1.29, 1.82) is 0 Å². The van der Waals surface area contributed by atoms with Crippen LogP contribution in [0.15, 0.2) is 71.0 Å². The molecule has 1 aromatic heterocycles. The molecule has 2 aromatic carbocycles. The number of aliphatic imine (C=N–C) groups is 2. The molecule has 0 saturated heterocycles. The second-order valence-corrected chi connectivity index (χ2v) is 12.1. The van der Waals surface area contributed by atoms with Crippen molar-refractivity contribution < 1.29 is 23.1 Å². The average Bonchev–Trinajstić information content (AvgIpc) is 3.56. The van der Waals surface area contributed by atoms with Crippen LogP contribution in [-0.4, -0.2) is 53.0 Å². The van der Waals surface area contributed by atoms with Gasteiger partial charge in [-0.2, -0.15) is 13.9 Å². The predicted octanol–water partition coefficient (Wildman–Crippen LogP) is 5.44. The van der Waals surface area contributed by atoms with Gasteiger partial charge in [-0.15, -0.1) is 0 Å². The molecular formula is C31H35ClF2N8O3. The molecule has 0 saturated carbocycles. The molecule has 2 atom stereocenters. The Morgan fingerprint density at radius 3 is 2.47 bits per heavy atom. The first-order valence-electron chi connectivity index (χ1n) is 13.9. The fourth-order valence-corrected chi connectivity index (χ4v) is 5.59. The third-order valence-electron chi connectivity index (χ3n) is 7.21. The lowest BCUT2D eigenvalue weighted by molar-refractivity contribution is -0.135. The molecule has 0 bridgehead atoms. The summed E-state index contributed by atoms with van der Waals surface area (Å²) >= 11 is 6.49. The first-order chi connectivity index (χ1) is 21.2. The monoisotopic (exact) mass is 640 g/mol. The first kappa shape index (κ1) is 33.1. The van der Waals surface area contributed by atoms with Crippen LogP contribution in [0.3, 0.4) is 0 Å². The van der Waals surface area contributed by atoms with Crippen LogP contribution in [0.1, 0.15) is 56.5 Å². The summed E-state index contributed by atoms with van der Waals surface area (Å²) in [5.74, 6) is -0.537. The number of aromatic nitrogens is 2. The van der Waals surface area contributed by atoms with Crippen LogP contribution in [0, 0.1) is 5.41 Å². The SMILES string of the molecule is C=N/C(=C\NC)c1cc([C@@H](COC(N)=O)N2C(=O)[C@@](CC(C)(C)C)(c3ccc(-c4cnn(C(F)F)c4)cc3)N=C2N)ccc1Cl.